The molecule has 4 aliphatic carbocycles. The van der Waals surface area contributed by atoms with Crippen LogP contribution < -0.4 is 0 Å². The first kappa shape index (κ1) is 19.8. The van der Waals surface area contributed by atoms with E-state index in [4.69, 9.17) is 9.47 Å². The van der Waals surface area contributed by atoms with E-state index in [0.717, 1.165) is 51.7 Å². The Morgan fingerprint density at radius 1 is 0.857 bits per heavy atom. The van der Waals surface area contributed by atoms with Gasteiger partial charge in [0.25, 0.3) is 0 Å². The Bertz CT molecular complexity index is 622. The van der Waals surface area contributed by atoms with Gasteiger partial charge in [-0.3, -0.25) is 0 Å². The van der Waals surface area contributed by atoms with Gasteiger partial charge in [0.2, 0.25) is 0 Å². The number of aliphatic hydroxyl groups excluding tert-OH is 2. The first-order valence-electron chi connectivity index (χ1n) is 11.7. The van der Waals surface area contributed by atoms with Gasteiger partial charge in [-0.15, -0.1) is 0 Å². The zero-order chi connectivity index (χ0) is 19.9. The summed E-state index contributed by atoms with van der Waals surface area (Å²) >= 11 is 0. The predicted molar refractivity (Wildman–Crippen MR) is 108 cm³/mol. The van der Waals surface area contributed by atoms with Crippen LogP contribution in [0.15, 0.2) is 0 Å². The number of hydrogen-bond acceptors (Lipinski definition) is 4. The maximum Gasteiger partial charge on any atom is 0.173 e. The highest BCUT2D eigenvalue weighted by Crippen LogP contribution is 2.69. The molecule has 0 aromatic carbocycles. The molecule has 0 radical (unpaired) electrons. The topological polar surface area (TPSA) is 58.9 Å². The zero-order valence-electron chi connectivity index (χ0n) is 18.2. The van der Waals surface area contributed by atoms with E-state index in [1.165, 1.54) is 12.8 Å². The Kier molecular flexibility index (Phi) is 4.37. The molecule has 1 aliphatic heterocycles. The van der Waals surface area contributed by atoms with E-state index in [0.29, 0.717) is 23.7 Å². The standard InChI is InChI=1S/C24H40O4/c1-21(2)13-27-24(28-14-21)10-8-18-17-6-5-15-11-16(25)7-9-22(15,3)20(17)19(26)12-23(18,24)4/h15-20,25-26H,5-14H2,1-4H3. The molecule has 1 spiro atoms. The molecular formula is C24H40O4. The third-order valence-electron chi connectivity index (χ3n) is 10.0. The van der Waals surface area contributed by atoms with E-state index in [9.17, 15) is 10.2 Å². The lowest BCUT2D eigenvalue weighted by Crippen LogP contribution is -2.64. The van der Waals surface area contributed by atoms with Crippen molar-refractivity contribution < 1.29 is 19.7 Å². The molecule has 5 fully saturated rings. The third-order valence-corrected chi connectivity index (χ3v) is 10.0. The lowest BCUT2D eigenvalue weighted by molar-refractivity contribution is -0.353. The van der Waals surface area contributed by atoms with Crippen molar-refractivity contribution in [3.05, 3.63) is 0 Å². The van der Waals surface area contributed by atoms with Gasteiger partial charge < -0.3 is 19.7 Å². The summed E-state index contributed by atoms with van der Waals surface area (Å²) in [6.07, 6.45) is 7.79. The third kappa shape index (κ3) is 2.57. The number of hydrogen-bond donors (Lipinski definition) is 2. The normalized spacial score (nSPS) is 54.6. The van der Waals surface area contributed by atoms with Crippen molar-refractivity contribution in [3.63, 3.8) is 0 Å². The smallest absolute Gasteiger partial charge is 0.173 e. The Morgan fingerprint density at radius 2 is 1.57 bits per heavy atom. The van der Waals surface area contributed by atoms with Crippen molar-refractivity contribution in [2.45, 2.75) is 97.1 Å². The summed E-state index contributed by atoms with van der Waals surface area (Å²) in [6, 6.07) is 0. The number of aliphatic hydroxyl groups is 2. The van der Waals surface area contributed by atoms with Crippen molar-refractivity contribution in [1.29, 1.82) is 0 Å². The quantitative estimate of drug-likeness (QED) is 0.651. The van der Waals surface area contributed by atoms with Gasteiger partial charge in [-0.25, -0.2) is 0 Å². The molecule has 4 heteroatoms. The van der Waals surface area contributed by atoms with Crippen LogP contribution in [0.1, 0.15) is 79.1 Å². The van der Waals surface area contributed by atoms with Gasteiger partial charge in [0.1, 0.15) is 0 Å². The molecule has 2 N–H and O–H groups in total. The molecule has 160 valence electrons. The molecule has 1 heterocycles. The second kappa shape index (κ2) is 6.18. The Morgan fingerprint density at radius 3 is 2.29 bits per heavy atom. The van der Waals surface area contributed by atoms with Crippen LogP contribution >= 0.6 is 0 Å². The van der Waals surface area contributed by atoms with E-state index in [-0.39, 0.29) is 28.5 Å². The first-order valence-corrected chi connectivity index (χ1v) is 11.7. The molecule has 0 amide bonds. The lowest BCUT2D eigenvalue weighted by Gasteiger charge is -2.63. The first-order chi connectivity index (χ1) is 13.1. The number of rotatable bonds is 0. The Balaban J connectivity index is 1.45. The summed E-state index contributed by atoms with van der Waals surface area (Å²) in [4.78, 5) is 0. The van der Waals surface area contributed by atoms with Crippen LogP contribution in [0.2, 0.25) is 0 Å². The second-order valence-electron chi connectivity index (χ2n) is 12.2. The van der Waals surface area contributed by atoms with E-state index in [2.05, 4.69) is 27.7 Å². The predicted octanol–water partition coefficient (Wildman–Crippen LogP) is 4.13. The van der Waals surface area contributed by atoms with Crippen molar-refractivity contribution in [2.24, 2.45) is 39.9 Å². The molecule has 1 saturated heterocycles. The van der Waals surface area contributed by atoms with E-state index >= 15 is 0 Å². The summed E-state index contributed by atoms with van der Waals surface area (Å²) in [5.41, 5.74) is 0.153. The highest BCUT2D eigenvalue weighted by molar-refractivity contribution is 5.15. The van der Waals surface area contributed by atoms with Gasteiger partial charge in [-0.2, -0.15) is 0 Å². The molecule has 0 aromatic rings. The SMILES string of the molecule is CC1(C)COC2(CCC3C4CCC5CC(O)CCC5(C)C4C(O)CC32C)OC1. The minimum absolute atomic E-state index is 0.0734. The fourth-order valence-electron chi connectivity index (χ4n) is 8.49. The van der Waals surface area contributed by atoms with Gasteiger partial charge in [0.05, 0.1) is 25.4 Å². The summed E-state index contributed by atoms with van der Waals surface area (Å²) in [5.74, 6) is 1.57. The van der Waals surface area contributed by atoms with Crippen LogP contribution in [0.5, 0.6) is 0 Å². The second-order valence-corrected chi connectivity index (χ2v) is 12.2. The van der Waals surface area contributed by atoms with Gasteiger partial charge in [0, 0.05) is 17.3 Å². The fourth-order valence-corrected chi connectivity index (χ4v) is 8.49. The molecule has 4 saturated carbocycles. The van der Waals surface area contributed by atoms with Crippen LogP contribution in [-0.4, -0.2) is 41.4 Å². The number of fused-ring (bicyclic) bond motifs is 6. The minimum Gasteiger partial charge on any atom is -0.393 e. The van der Waals surface area contributed by atoms with Crippen LogP contribution in [0, 0.1) is 39.9 Å². The highest BCUT2D eigenvalue weighted by Gasteiger charge is 2.69. The van der Waals surface area contributed by atoms with E-state index < -0.39 is 5.79 Å². The van der Waals surface area contributed by atoms with Crippen LogP contribution in [0.3, 0.4) is 0 Å². The van der Waals surface area contributed by atoms with Crippen LogP contribution in [-0.2, 0) is 9.47 Å². The molecule has 4 nitrogen and oxygen atoms in total. The average Bonchev–Trinajstić information content (AvgIpc) is 2.90. The monoisotopic (exact) mass is 392 g/mol. The number of ether oxygens (including phenoxy) is 2. The molecule has 8 atom stereocenters. The summed E-state index contributed by atoms with van der Waals surface area (Å²) in [7, 11) is 0. The Labute approximate surface area is 170 Å². The minimum atomic E-state index is -0.500. The maximum atomic E-state index is 11.5. The lowest BCUT2D eigenvalue weighted by atomic mass is 9.44. The molecule has 0 bridgehead atoms. The van der Waals surface area contributed by atoms with Gasteiger partial charge >= 0.3 is 0 Å². The van der Waals surface area contributed by atoms with Crippen molar-refractivity contribution in [1.82, 2.24) is 0 Å². The summed E-state index contributed by atoms with van der Waals surface area (Å²) in [5, 5.41) is 21.8. The molecule has 5 rings (SSSR count). The highest BCUT2D eigenvalue weighted by atomic mass is 16.7. The largest absolute Gasteiger partial charge is 0.393 e. The van der Waals surface area contributed by atoms with Gasteiger partial charge in [0.15, 0.2) is 5.79 Å². The van der Waals surface area contributed by atoms with Crippen LogP contribution in [0.4, 0.5) is 0 Å². The molecule has 5 aliphatic rings. The van der Waals surface area contributed by atoms with E-state index in [1.54, 1.807) is 0 Å². The van der Waals surface area contributed by atoms with Gasteiger partial charge in [-0.1, -0.05) is 27.7 Å². The average molecular weight is 393 g/mol. The van der Waals surface area contributed by atoms with Crippen molar-refractivity contribution in [3.8, 4) is 0 Å². The van der Waals surface area contributed by atoms with Crippen LogP contribution in [0.25, 0.3) is 0 Å². The molecule has 0 aromatic heterocycles. The molecule has 8 unspecified atom stereocenters. The van der Waals surface area contributed by atoms with Gasteiger partial charge in [-0.05, 0) is 74.0 Å². The van der Waals surface area contributed by atoms with Crippen molar-refractivity contribution in [2.75, 3.05) is 13.2 Å². The summed E-state index contributed by atoms with van der Waals surface area (Å²) in [6.45, 7) is 10.7. The zero-order valence-corrected chi connectivity index (χ0v) is 18.2. The molecule has 28 heavy (non-hydrogen) atoms. The van der Waals surface area contributed by atoms with E-state index in [1.807, 2.05) is 0 Å². The molecular weight excluding hydrogens is 352 g/mol. The Hall–Kier alpha value is -0.160. The van der Waals surface area contributed by atoms with Crippen molar-refractivity contribution >= 4 is 0 Å². The maximum absolute atomic E-state index is 11.5. The summed E-state index contributed by atoms with van der Waals surface area (Å²) < 4.78 is 13.0. The fraction of sp³-hybridized carbons (Fsp3) is 1.00.